The first-order chi connectivity index (χ1) is 27.9. The van der Waals surface area contributed by atoms with Crippen molar-refractivity contribution in [3.05, 3.63) is 143 Å². The molecule has 0 aliphatic rings. The predicted octanol–water partition coefficient (Wildman–Crippen LogP) is 15.6. The van der Waals surface area contributed by atoms with Gasteiger partial charge in [0.15, 0.2) is 0 Å². The highest BCUT2D eigenvalue weighted by molar-refractivity contribution is 6.12. The lowest BCUT2D eigenvalue weighted by molar-refractivity contribution is -0.137. The molecule has 0 saturated heterocycles. The Morgan fingerprint density at radius 2 is 0.750 bits per heavy atom. The first kappa shape index (κ1) is 41.0. The molecule has 0 unspecified atom stereocenters. The molecule has 0 fully saturated rings. The Bertz CT molecular complexity index is 2750. The van der Waals surface area contributed by atoms with Gasteiger partial charge in [-0.3, -0.25) is 0 Å². The van der Waals surface area contributed by atoms with Crippen molar-refractivity contribution in [2.75, 3.05) is 0 Å². The topological polar surface area (TPSA) is 33.6 Å². The largest absolute Gasteiger partial charge is 0.417 e. The van der Waals surface area contributed by atoms with Crippen LogP contribution in [0.4, 0.5) is 13.2 Å². The summed E-state index contributed by atoms with van der Waals surface area (Å²) in [5, 5.41) is 14.8. The highest BCUT2D eigenvalue weighted by Gasteiger charge is 2.36. The molecule has 0 spiro atoms. The van der Waals surface area contributed by atoms with Gasteiger partial charge in [0.2, 0.25) is 0 Å². The smallest absolute Gasteiger partial charge is 0.308 e. The van der Waals surface area contributed by atoms with E-state index >= 15 is 13.2 Å². The summed E-state index contributed by atoms with van der Waals surface area (Å²) in [7, 11) is 0. The Morgan fingerprint density at radius 1 is 0.433 bits per heavy atom. The van der Waals surface area contributed by atoms with E-state index in [-0.39, 0.29) is 27.2 Å². The van der Waals surface area contributed by atoms with Gasteiger partial charge in [0.25, 0.3) is 0 Å². The van der Waals surface area contributed by atoms with E-state index in [1.807, 2.05) is 0 Å². The molecule has 0 bridgehead atoms. The van der Waals surface area contributed by atoms with E-state index in [0.717, 1.165) is 71.9 Å². The van der Waals surface area contributed by atoms with E-state index in [4.69, 9.17) is 0 Å². The van der Waals surface area contributed by atoms with Crippen LogP contribution in [0.5, 0.6) is 0 Å². The fourth-order valence-electron chi connectivity index (χ4n) is 8.69. The zero-order valence-electron chi connectivity index (χ0n) is 36.9. The zero-order chi connectivity index (χ0) is 43.5. The van der Waals surface area contributed by atoms with Crippen LogP contribution in [0, 0.1) is 11.3 Å². The summed E-state index contributed by atoms with van der Waals surface area (Å²) < 4.78 is 50.4. The second kappa shape index (κ2) is 13.6. The molecule has 306 valence electrons. The van der Waals surface area contributed by atoms with E-state index in [9.17, 15) is 5.26 Å². The van der Waals surface area contributed by atoms with E-state index in [2.05, 4.69) is 171 Å². The number of halogens is 3. The number of hydrogen-bond donors (Lipinski definition) is 0. The monoisotopic (exact) mass is 801 g/mol. The molecule has 0 amide bonds. The van der Waals surface area contributed by atoms with E-state index < -0.39 is 11.7 Å². The van der Waals surface area contributed by atoms with Gasteiger partial charge in [0.05, 0.1) is 50.6 Å². The van der Waals surface area contributed by atoms with Gasteiger partial charge in [-0.1, -0.05) is 126 Å². The van der Waals surface area contributed by atoms with E-state index in [1.54, 1.807) is 24.3 Å². The van der Waals surface area contributed by atoms with E-state index in [0.29, 0.717) is 22.5 Å². The molecule has 60 heavy (non-hydrogen) atoms. The molecule has 0 atom stereocenters. The maximum absolute atomic E-state index is 15.4. The van der Waals surface area contributed by atoms with Crippen molar-refractivity contribution in [3.8, 4) is 28.6 Å². The second-order valence-corrected chi connectivity index (χ2v) is 20.6. The Labute approximate surface area is 352 Å². The standard InChI is InChI=1S/C54H54F3N3/c1-50(2,3)33-17-21-43-38(27-33)39-28-34(51(4,5)6)18-22-44(39)59(43)47-25-32(31-58)26-48(49(47)37-15-13-14-16-42(37)54(55,56)57)60-45-23-19-35(52(7,8)9)29-40(45)41-30-36(53(10,11)12)20-24-46(41)60/h13-30H,1-12H3. The summed E-state index contributed by atoms with van der Waals surface area (Å²) in [5.74, 6) is 0. The summed E-state index contributed by atoms with van der Waals surface area (Å²) in [5.41, 5.74) is 8.44. The van der Waals surface area contributed by atoms with E-state index in [1.165, 1.54) is 6.07 Å². The Kier molecular flexibility index (Phi) is 9.29. The molecule has 6 heteroatoms. The third-order valence-corrected chi connectivity index (χ3v) is 12.2. The highest BCUT2D eigenvalue weighted by Crippen LogP contribution is 2.48. The molecule has 0 aliphatic heterocycles. The summed E-state index contributed by atoms with van der Waals surface area (Å²) in [6, 6.07) is 37.5. The average molecular weight is 802 g/mol. The molecule has 0 N–H and O–H groups in total. The van der Waals surface area contributed by atoms with Gasteiger partial charge in [0, 0.05) is 27.1 Å². The molecule has 0 saturated carbocycles. The minimum Gasteiger partial charge on any atom is -0.308 e. The lowest BCUT2D eigenvalue weighted by Crippen LogP contribution is -2.12. The fourth-order valence-corrected chi connectivity index (χ4v) is 8.69. The first-order valence-electron chi connectivity index (χ1n) is 20.8. The SMILES string of the molecule is CC(C)(C)c1ccc2c(c1)c1cc(C(C)(C)C)ccc1n2-c1cc(C#N)cc(-n2c3ccc(C(C)(C)C)cc3c3cc(C(C)(C)C)ccc32)c1-c1ccccc1C(F)(F)F. The number of benzene rings is 6. The van der Waals surface area contributed by atoms with Crippen molar-refractivity contribution in [1.82, 2.24) is 9.13 Å². The summed E-state index contributed by atoms with van der Waals surface area (Å²) in [4.78, 5) is 0. The molecule has 2 aromatic heterocycles. The maximum atomic E-state index is 15.4. The molecule has 0 aliphatic carbocycles. The number of aromatic nitrogens is 2. The van der Waals surface area contributed by atoms with Crippen LogP contribution in [-0.2, 0) is 27.8 Å². The van der Waals surface area contributed by atoms with Crippen LogP contribution < -0.4 is 0 Å². The van der Waals surface area contributed by atoms with Crippen LogP contribution in [0.15, 0.2) is 109 Å². The lowest BCUT2D eigenvalue weighted by Gasteiger charge is -2.24. The van der Waals surface area contributed by atoms with Gasteiger partial charge in [-0.05, 0) is 116 Å². The third kappa shape index (κ3) is 6.86. The number of rotatable bonds is 3. The van der Waals surface area contributed by atoms with Gasteiger partial charge in [-0.2, -0.15) is 18.4 Å². The van der Waals surface area contributed by atoms with Crippen molar-refractivity contribution in [2.45, 2.75) is 111 Å². The maximum Gasteiger partial charge on any atom is 0.417 e. The minimum atomic E-state index is -4.66. The predicted molar refractivity (Wildman–Crippen MR) is 245 cm³/mol. The number of fused-ring (bicyclic) bond motifs is 6. The van der Waals surface area contributed by atoms with Crippen molar-refractivity contribution in [3.63, 3.8) is 0 Å². The quantitative estimate of drug-likeness (QED) is 0.175. The molecule has 2 heterocycles. The molecule has 3 nitrogen and oxygen atoms in total. The van der Waals surface area contributed by atoms with Gasteiger partial charge in [0.1, 0.15) is 0 Å². The number of hydrogen-bond acceptors (Lipinski definition) is 1. The van der Waals surface area contributed by atoms with Crippen molar-refractivity contribution >= 4 is 43.6 Å². The average Bonchev–Trinajstić information content (AvgIpc) is 3.67. The Hall–Kier alpha value is -5.80. The van der Waals surface area contributed by atoms with Crippen LogP contribution in [-0.4, -0.2) is 9.13 Å². The van der Waals surface area contributed by atoms with Crippen molar-refractivity contribution < 1.29 is 13.2 Å². The van der Waals surface area contributed by atoms with Crippen molar-refractivity contribution in [2.24, 2.45) is 0 Å². The molecule has 6 aromatic carbocycles. The van der Waals surface area contributed by atoms with Gasteiger partial charge >= 0.3 is 6.18 Å². The normalized spacial score (nSPS) is 13.2. The van der Waals surface area contributed by atoms with Crippen LogP contribution in [0.3, 0.4) is 0 Å². The fraction of sp³-hybridized carbons (Fsp3) is 0.315. The van der Waals surface area contributed by atoms with Crippen LogP contribution in [0.1, 0.15) is 116 Å². The number of nitrogens with zero attached hydrogens (tertiary/aromatic N) is 3. The molecular weight excluding hydrogens is 748 g/mol. The molecular formula is C54H54F3N3. The Morgan fingerprint density at radius 3 is 1.03 bits per heavy atom. The third-order valence-electron chi connectivity index (χ3n) is 12.2. The summed E-state index contributed by atoms with van der Waals surface area (Å²) in [6.45, 7) is 26.2. The van der Waals surface area contributed by atoms with Gasteiger partial charge in [-0.15, -0.1) is 0 Å². The molecule has 8 rings (SSSR count). The van der Waals surface area contributed by atoms with Crippen molar-refractivity contribution in [1.29, 1.82) is 5.26 Å². The van der Waals surface area contributed by atoms with Crippen LogP contribution in [0.25, 0.3) is 66.1 Å². The van der Waals surface area contributed by atoms with Crippen LogP contribution in [0.2, 0.25) is 0 Å². The summed E-state index contributed by atoms with van der Waals surface area (Å²) >= 11 is 0. The minimum absolute atomic E-state index is 0.0414. The molecule has 8 aromatic rings. The zero-order valence-corrected chi connectivity index (χ0v) is 36.9. The lowest BCUT2D eigenvalue weighted by atomic mass is 9.85. The Balaban J connectivity index is 1.61. The first-order valence-corrected chi connectivity index (χ1v) is 20.8. The summed E-state index contributed by atoms with van der Waals surface area (Å²) in [6.07, 6.45) is -4.66. The second-order valence-electron chi connectivity index (χ2n) is 20.6. The number of alkyl halides is 3. The van der Waals surface area contributed by atoms with Crippen LogP contribution >= 0.6 is 0 Å². The van der Waals surface area contributed by atoms with Gasteiger partial charge < -0.3 is 9.13 Å². The highest BCUT2D eigenvalue weighted by atomic mass is 19.4. The molecule has 0 radical (unpaired) electrons. The number of nitriles is 1. The van der Waals surface area contributed by atoms with Gasteiger partial charge in [-0.25, -0.2) is 0 Å².